The smallest absolute Gasteiger partial charge is 0.309 e. The molecule has 0 aliphatic carbocycles. The second-order valence-corrected chi connectivity index (χ2v) is 8.67. The zero-order chi connectivity index (χ0) is 22.2. The zero-order valence-corrected chi connectivity index (χ0v) is 18.5. The van der Waals surface area contributed by atoms with Crippen molar-refractivity contribution in [3.63, 3.8) is 0 Å². The summed E-state index contributed by atoms with van der Waals surface area (Å²) in [6.07, 6.45) is 2.04. The summed E-state index contributed by atoms with van der Waals surface area (Å²) in [4.78, 5) is 27.3. The Labute approximate surface area is 186 Å². The molecule has 0 unspecified atom stereocenters. The third-order valence-electron chi connectivity index (χ3n) is 4.81. The monoisotopic (exact) mass is 437 g/mol. The van der Waals surface area contributed by atoms with Gasteiger partial charge in [-0.2, -0.15) is 0 Å². The van der Waals surface area contributed by atoms with Gasteiger partial charge in [0.2, 0.25) is 0 Å². The minimum atomic E-state index is -0.949. The first-order chi connectivity index (χ1) is 14.9. The Morgan fingerprint density at radius 2 is 1.84 bits per heavy atom. The lowest BCUT2D eigenvalue weighted by atomic mass is 10.0. The standard InChI is InChI=1S/C24H27N3O3S/c1-16(2)7-10-18-5-3-4-6-21(18)25-14-17-8-11-19(12-9-17)23(30)27-24-26-20(15-31-24)13-22(28)29/h3-6,8-9,11-12,15-16,25H,7,10,13-14H2,1-2H3,(H,28,29)(H,26,27,30). The highest BCUT2D eigenvalue weighted by Crippen LogP contribution is 2.20. The van der Waals surface area contributed by atoms with Gasteiger partial charge in [0.05, 0.1) is 12.1 Å². The fraction of sp³-hybridized carbons (Fsp3) is 0.292. The van der Waals surface area contributed by atoms with Gasteiger partial charge in [0.15, 0.2) is 5.13 Å². The molecule has 0 aliphatic rings. The van der Waals surface area contributed by atoms with Crippen LogP contribution in [0.1, 0.15) is 47.4 Å². The molecule has 0 bridgehead atoms. The molecule has 3 N–H and O–H groups in total. The minimum Gasteiger partial charge on any atom is -0.481 e. The number of carbonyl (C=O) groups is 2. The van der Waals surface area contributed by atoms with Gasteiger partial charge in [-0.3, -0.25) is 14.9 Å². The lowest BCUT2D eigenvalue weighted by Gasteiger charge is -2.13. The van der Waals surface area contributed by atoms with E-state index in [0.717, 1.165) is 24.1 Å². The summed E-state index contributed by atoms with van der Waals surface area (Å²) in [5.74, 6) is -0.551. The molecule has 162 valence electrons. The molecule has 0 atom stereocenters. The van der Waals surface area contributed by atoms with Crippen LogP contribution in [0.25, 0.3) is 0 Å². The van der Waals surface area contributed by atoms with Crippen LogP contribution in [0.4, 0.5) is 10.8 Å². The Balaban J connectivity index is 1.56. The van der Waals surface area contributed by atoms with Crippen molar-refractivity contribution >= 4 is 34.0 Å². The van der Waals surface area contributed by atoms with E-state index in [0.29, 0.717) is 28.9 Å². The molecule has 1 heterocycles. The first-order valence-corrected chi connectivity index (χ1v) is 11.2. The zero-order valence-electron chi connectivity index (χ0n) is 17.7. The maximum atomic E-state index is 12.4. The van der Waals surface area contributed by atoms with E-state index in [1.165, 1.54) is 16.9 Å². The average molecular weight is 438 g/mol. The highest BCUT2D eigenvalue weighted by Gasteiger charge is 2.11. The van der Waals surface area contributed by atoms with E-state index in [1.54, 1.807) is 17.5 Å². The number of carbonyl (C=O) groups excluding carboxylic acids is 1. The summed E-state index contributed by atoms with van der Waals surface area (Å²) in [7, 11) is 0. The van der Waals surface area contributed by atoms with Crippen LogP contribution in [-0.4, -0.2) is 22.0 Å². The number of carboxylic acid groups (broad SMARTS) is 1. The summed E-state index contributed by atoms with van der Waals surface area (Å²) in [5.41, 5.74) is 4.50. The van der Waals surface area contributed by atoms with E-state index in [2.05, 4.69) is 47.7 Å². The molecule has 0 saturated heterocycles. The quantitative estimate of drug-likeness (QED) is 0.404. The number of carboxylic acids is 1. The van der Waals surface area contributed by atoms with Crippen LogP contribution >= 0.6 is 11.3 Å². The SMILES string of the molecule is CC(C)CCc1ccccc1NCc1ccc(C(=O)Nc2nc(CC(=O)O)cs2)cc1. The predicted molar refractivity (Wildman–Crippen MR) is 125 cm³/mol. The summed E-state index contributed by atoms with van der Waals surface area (Å²) in [6, 6.07) is 15.8. The second kappa shape index (κ2) is 10.7. The molecule has 1 amide bonds. The summed E-state index contributed by atoms with van der Waals surface area (Å²) >= 11 is 1.21. The van der Waals surface area contributed by atoms with Crippen molar-refractivity contribution < 1.29 is 14.7 Å². The van der Waals surface area contributed by atoms with Crippen molar-refractivity contribution in [3.8, 4) is 0 Å². The summed E-state index contributed by atoms with van der Waals surface area (Å²) in [5, 5.41) is 17.1. The lowest BCUT2D eigenvalue weighted by molar-refractivity contribution is -0.136. The van der Waals surface area contributed by atoms with Crippen molar-refractivity contribution in [2.75, 3.05) is 10.6 Å². The molecular formula is C24H27N3O3S. The van der Waals surface area contributed by atoms with Gasteiger partial charge in [0.1, 0.15) is 0 Å². The number of anilines is 2. The van der Waals surface area contributed by atoms with Gasteiger partial charge in [-0.15, -0.1) is 11.3 Å². The molecule has 6 nitrogen and oxygen atoms in total. The van der Waals surface area contributed by atoms with Gasteiger partial charge in [-0.25, -0.2) is 4.98 Å². The number of nitrogens with one attached hydrogen (secondary N) is 2. The van der Waals surface area contributed by atoms with Crippen LogP contribution in [0, 0.1) is 5.92 Å². The number of aryl methyl sites for hydroxylation is 1. The number of aliphatic carboxylic acids is 1. The summed E-state index contributed by atoms with van der Waals surface area (Å²) < 4.78 is 0. The third kappa shape index (κ3) is 6.93. The van der Waals surface area contributed by atoms with Gasteiger partial charge < -0.3 is 10.4 Å². The van der Waals surface area contributed by atoms with Crippen molar-refractivity contribution in [2.24, 2.45) is 5.92 Å². The molecule has 0 saturated carbocycles. The van der Waals surface area contributed by atoms with Gasteiger partial charge in [0.25, 0.3) is 5.91 Å². The second-order valence-electron chi connectivity index (χ2n) is 7.81. The fourth-order valence-electron chi connectivity index (χ4n) is 3.10. The number of hydrogen-bond donors (Lipinski definition) is 3. The predicted octanol–water partition coefficient (Wildman–Crippen LogP) is 5.22. The van der Waals surface area contributed by atoms with E-state index < -0.39 is 5.97 Å². The van der Waals surface area contributed by atoms with Crippen molar-refractivity contribution in [2.45, 2.75) is 39.7 Å². The maximum absolute atomic E-state index is 12.4. The van der Waals surface area contributed by atoms with E-state index in [-0.39, 0.29) is 12.3 Å². The lowest BCUT2D eigenvalue weighted by Crippen LogP contribution is -2.12. The Bertz CT molecular complexity index is 1030. The molecule has 1 aromatic heterocycles. The van der Waals surface area contributed by atoms with Crippen LogP contribution < -0.4 is 10.6 Å². The van der Waals surface area contributed by atoms with Crippen molar-refractivity contribution in [1.29, 1.82) is 0 Å². The first-order valence-electron chi connectivity index (χ1n) is 10.3. The number of benzene rings is 2. The number of aromatic nitrogens is 1. The van der Waals surface area contributed by atoms with Crippen LogP contribution in [0.15, 0.2) is 53.9 Å². The largest absolute Gasteiger partial charge is 0.481 e. The average Bonchev–Trinajstić information content (AvgIpc) is 3.17. The minimum absolute atomic E-state index is 0.158. The Morgan fingerprint density at radius 1 is 1.10 bits per heavy atom. The number of para-hydroxylation sites is 1. The normalized spacial score (nSPS) is 10.8. The van der Waals surface area contributed by atoms with E-state index in [4.69, 9.17) is 5.11 Å². The van der Waals surface area contributed by atoms with E-state index in [9.17, 15) is 9.59 Å². The highest BCUT2D eigenvalue weighted by atomic mass is 32.1. The number of thiazole rings is 1. The molecule has 7 heteroatoms. The maximum Gasteiger partial charge on any atom is 0.309 e. The van der Waals surface area contributed by atoms with Gasteiger partial charge in [0, 0.05) is 23.2 Å². The van der Waals surface area contributed by atoms with Crippen LogP contribution in [-0.2, 0) is 24.2 Å². The van der Waals surface area contributed by atoms with Crippen LogP contribution in [0.3, 0.4) is 0 Å². The molecule has 3 aromatic rings. The number of amides is 1. The molecule has 0 spiro atoms. The molecule has 3 rings (SSSR count). The van der Waals surface area contributed by atoms with Crippen molar-refractivity contribution in [1.82, 2.24) is 4.98 Å². The first kappa shape index (κ1) is 22.5. The topological polar surface area (TPSA) is 91.3 Å². The van der Waals surface area contributed by atoms with Crippen molar-refractivity contribution in [3.05, 3.63) is 76.3 Å². The Kier molecular flexibility index (Phi) is 7.78. The molecule has 31 heavy (non-hydrogen) atoms. The molecular weight excluding hydrogens is 410 g/mol. The molecule has 0 fully saturated rings. The number of hydrogen-bond acceptors (Lipinski definition) is 5. The van der Waals surface area contributed by atoms with Crippen LogP contribution in [0.5, 0.6) is 0 Å². The molecule has 0 aliphatic heterocycles. The van der Waals surface area contributed by atoms with Crippen LogP contribution in [0.2, 0.25) is 0 Å². The number of rotatable bonds is 10. The van der Waals surface area contributed by atoms with Gasteiger partial charge in [-0.1, -0.05) is 44.2 Å². The highest BCUT2D eigenvalue weighted by molar-refractivity contribution is 7.14. The summed E-state index contributed by atoms with van der Waals surface area (Å²) in [6.45, 7) is 5.14. The Hall–Kier alpha value is -3.19. The van der Waals surface area contributed by atoms with Gasteiger partial charge in [-0.05, 0) is 48.1 Å². The number of nitrogens with zero attached hydrogens (tertiary/aromatic N) is 1. The van der Waals surface area contributed by atoms with Gasteiger partial charge >= 0.3 is 5.97 Å². The Morgan fingerprint density at radius 3 is 2.55 bits per heavy atom. The molecule has 2 aromatic carbocycles. The third-order valence-corrected chi connectivity index (χ3v) is 5.62. The fourth-order valence-corrected chi connectivity index (χ4v) is 3.80. The van der Waals surface area contributed by atoms with E-state index in [1.807, 2.05) is 18.2 Å². The molecule has 0 radical (unpaired) electrons. The van der Waals surface area contributed by atoms with E-state index >= 15 is 0 Å².